The summed E-state index contributed by atoms with van der Waals surface area (Å²) in [7, 11) is 0. The molecule has 24 heavy (non-hydrogen) atoms. The van der Waals surface area contributed by atoms with Gasteiger partial charge in [0.05, 0.1) is 6.54 Å². The van der Waals surface area contributed by atoms with Crippen molar-refractivity contribution >= 4 is 11.6 Å². The van der Waals surface area contributed by atoms with Crippen LogP contribution in [0.4, 0.5) is 0 Å². The molecule has 8 heteroatoms. The van der Waals surface area contributed by atoms with Gasteiger partial charge in [-0.2, -0.15) is 5.10 Å². The molecule has 2 aromatic rings. The predicted molar refractivity (Wildman–Crippen MR) is 88.0 cm³/mol. The fraction of sp³-hybridized carbons (Fsp3) is 0.438. The summed E-state index contributed by atoms with van der Waals surface area (Å²) in [6, 6.07) is 7.79. The fourth-order valence-electron chi connectivity index (χ4n) is 3.49. The number of aromatic amines is 1. The molecule has 1 aromatic heterocycles. The number of benzene rings is 1. The van der Waals surface area contributed by atoms with E-state index in [-0.39, 0.29) is 6.61 Å². The van der Waals surface area contributed by atoms with Crippen molar-refractivity contribution in [1.29, 1.82) is 0 Å². The largest absolute Gasteiger partial charge is 0.364 e. The molecule has 1 aromatic carbocycles. The average molecular weight is 349 g/mol. The van der Waals surface area contributed by atoms with Gasteiger partial charge in [0.1, 0.15) is 12.2 Å². The van der Waals surface area contributed by atoms with Crippen molar-refractivity contribution in [2.45, 2.75) is 31.7 Å². The highest BCUT2D eigenvalue weighted by molar-refractivity contribution is 6.30. The van der Waals surface area contributed by atoms with E-state index in [0.717, 1.165) is 30.1 Å². The molecule has 0 radical (unpaired) electrons. The van der Waals surface area contributed by atoms with Crippen LogP contribution in [-0.4, -0.2) is 38.4 Å². The molecule has 126 valence electrons. The molecule has 1 unspecified atom stereocenters. The molecule has 1 fully saturated rings. The van der Waals surface area contributed by atoms with Crippen LogP contribution in [0, 0.1) is 0 Å². The lowest BCUT2D eigenvalue weighted by Gasteiger charge is -2.34. The maximum absolute atomic E-state index is 12.1. The van der Waals surface area contributed by atoms with Crippen molar-refractivity contribution in [3.8, 4) is 0 Å². The van der Waals surface area contributed by atoms with Crippen molar-refractivity contribution < 1.29 is 4.74 Å². The maximum Gasteiger partial charge on any atom is 0.330 e. The minimum Gasteiger partial charge on any atom is -0.364 e. The van der Waals surface area contributed by atoms with Crippen LogP contribution in [0.2, 0.25) is 5.02 Å². The zero-order chi connectivity index (χ0) is 16.7. The summed E-state index contributed by atoms with van der Waals surface area (Å²) in [5.41, 5.74) is -0.545. The van der Waals surface area contributed by atoms with E-state index in [1.807, 2.05) is 24.3 Å². The minimum absolute atomic E-state index is 0.233. The third-order valence-electron chi connectivity index (χ3n) is 4.68. The number of aromatic nitrogens is 3. The molecule has 0 aliphatic carbocycles. The number of fused-ring (bicyclic) bond motifs is 1. The van der Waals surface area contributed by atoms with Crippen LogP contribution in [0.3, 0.4) is 0 Å². The number of nitrogens with zero attached hydrogens (tertiary/aromatic N) is 3. The highest BCUT2D eigenvalue weighted by Gasteiger charge is 2.43. The van der Waals surface area contributed by atoms with Crippen molar-refractivity contribution in [2.75, 3.05) is 13.1 Å². The summed E-state index contributed by atoms with van der Waals surface area (Å²) in [6.07, 6.45) is 0.812. The van der Waals surface area contributed by atoms with Gasteiger partial charge in [0.25, 0.3) is 0 Å². The Morgan fingerprint density at radius 3 is 3.04 bits per heavy atom. The number of likely N-dealkylation sites (tertiary alicyclic amines) is 1. The molecule has 3 heterocycles. The van der Waals surface area contributed by atoms with E-state index in [0.29, 0.717) is 18.9 Å². The van der Waals surface area contributed by atoms with Crippen LogP contribution in [-0.2, 0) is 24.4 Å². The lowest BCUT2D eigenvalue weighted by Crippen LogP contribution is -2.51. The van der Waals surface area contributed by atoms with Gasteiger partial charge in [0.2, 0.25) is 0 Å². The monoisotopic (exact) mass is 348 g/mol. The number of hydrogen-bond acceptors (Lipinski definition) is 5. The summed E-state index contributed by atoms with van der Waals surface area (Å²) in [6.45, 7) is 2.95. The van der Waals surface area contributed by atoms with E-state index in [1.54, 1.807) is 0 Å². The fourth-order valence-corrected chi connectivity index (χ4v) is 3.70. The molecule has 1 N–H and O–H groups in total. The normalized spacial score (nSPS) is 23.5. The second-order valence-corrected chi connectivity index (χ2v) is 6.86. The van der Waals surface area contributed by atoms with Crippen LogP contribution in [0.1, 0.15) is 17.8 Å². The highest BCUT2D eigenvalue weighted by Crippen LogP contribution is 2.31. The number of ether oxygens (including phenoxy) is 1. The second-order valence-electron chi connectivity index (χ2n) is 6.42. The molecule has 4 rings (SSSR count). The third-order valence-corrected chi connectivity index (χ3v) is 4.92. The highest BCUT2D eigenvalue weighted by atomic mass is 35.5. The first-order valence-electron chi connectivity index (χ1n) is 7.84. The second kappa shape index (κ2) is 5.84. The molecule has 2 aliphatic rings. The van der Waals surface area contributed by atoms with Gasteiger partial charge in [-0.15, -0.1) is 0 Å². The molecule has 0 saturated carbocycles. The van der Waals surface area contributed by atoms with Crippen molar-refractivity contribution in [2.24, 2.45) is 0 Å². The molecule has 1 spiro atoms. The van der Waals surface area contributed by atoms with Gasteiger partial charge in [0.15, 0.2) is 5.82 Å². The lowest BCUT2D eigenvalue weighted by atomic mass is 10.0. The first kappa shape index (κ1) is 15.6. The standard InChI is InChI=1S/C16H17ClN4O3/c17-12-3-1-2-11(6-12)7-20-5-4-16(9-20)10-21-13(8-24-16)18-19-14(22)15(21)23/h1-3,6H,4-5,7-10H2,(H,19,22). The Labute approximate surface area is 142 Å². The Kier molecular flexibility index (Phi) is 3.79. The van der Waals surface area contributed by atoms with E-state index in [9.17, 15) is 9.59 Å². The molecule has 1 saturated heterocycles. The first-order chi connectivity index (χ1) is 11.5. The van der Waals surface area contributed by atoms with Gasteiger partial charge in [-0.05, 0) is 24.1 Å². The number of halogens is 1. The number of nitrogens with one attached hydrogen (secondary N) is 1. The van der Waals surface area contributed by atoms with Crippen molar-refractivity contribution in [3.63, 3.8) is 0 Å². The van der Waals surface area contributed by atoms with Crippen LogP contribution >= 0.6 is 11.6 Å². The van der Waals surface area contributed by atoms with E-state index >= 15 is 0 Å². The van der Waals surface area contributed by atoms with E-state index in [4.69, 9.17) is 16.3 Å². The maximum atomic E-state index is 12.1. The van der Waals surface area contributed by atoms with Crippen molar-refractivity contribution in [3.05, 3.63) is 61.4 Å². The van der Waals surface area contributed by atoms with E-state index in [2.05, 4.69) is 15.1 Å². The van der Waals surface area contributed by atoms with Crippen LogP contribution in [0.15, 0.2) is 33.9 Å². The van der Waals surface area contributed by atoms with Crippen molar-refractivity contribution in [1.82, 2.24) is 19.7 Å². The molecule has 2 aliphatic heterocycles. The van der Waals surface area contributed by atoms with Gasteiger partial charge in [-0.25, -0.2) is 5.10 Å². The summed E-state index contributed by atoms with van der Waals surface area (Å²) < 4.78 is 7.48. The van der Waals surface area contributed by atoms with Crippen LogP contribution in [0.5, 0.6) is 0 Å². The number of H-pyrrole nitrogens is 1. The topological polar surface area (TPSA) is 80.2 Å². The summed E-state index contributed by atoms with van der Waals surface area (Å²) in [5.74, 6) is 0.471. The smallest absolute Gasteiger partial charge is 0.330 e. The lowest BCUT2D eigenvalue weighted by molar-refractivity contribution is -0.0853. The Bertz CT molecular complexity index is 893. The van der Waals surface area contributed by atoms with Gasteiger partial charge in [-0.1, -0.05) is 23.7 Å². The van der Waals surface area contributed by atoms with Crippen LogP contribution in [0.25, 0.3) is 0 Å². The van der Waals surface area contributed by atoms with Gasteiger partial charge in [-0.3, -0.25) is 19.1 Å². The summed E-state index contributed by atoms with van der Waals surface area (Å²) >= 11 is 6.04. The molecular formula is C16H17ClN4O3. The molecule has 0 bridgehead atoms. The molecule has 0 amide bonds. The summed E-state index contributed by atoms with van der Waals surface area (Å²) in [4.78, 5) is 25.9. The quantitative estimate of drug-likeness (QED) is 0.810. The Morgan fingerprint density at radius 1 is 1.33 bits per heavy atom. The van der Waals surface area contributed by atoms with E-state index < -0.39 is 16.7 Å². The Hall–Kier alpha value is -1.96. The SMILES string of the molecule is O=c1[nH]nc2n(c1=O)CC1(CCN(Cc3cccc(Cl)c3)C1)OC2. The first-order valence-corrected chi connectivity index (χ1v) is 8.22. The predicted octanol–water partition coefficient (Wildman–Crippen LogP) is 0.760. The zero-order valence-electron chi connectivity index (χ0n) is 13.0. The minimum atomic E-state index is -0.690. The number of rotatable bonds is 2. The van der Waals surface area contributed by atoms with Gasteiger partial charge < -0.3 is 4.74 Å². The Balaban J connectivity index is 1.53. The number of hydrogen-bond donors (Lipinski definition) is 1. The zero-order valence-corrected chi connectivity index (χ0v) is 13.8. The molecule has 1 atom stereocenters. The third kappa shape index (κ3) is 2.79. The molecular weight excluding hydrogens is 332 g/mol. The average Bonchev–Trinajstić information content (AvgIpc) is 2.94. The molecule has 7 nitrogen and oxygen atoms in total. The summed E-state index contributed by atoms with van der Waals surface area (Å²) in [5, 5.41) is 6.84. The van der Waals surface area contributed by atoms with E-state index in [1.165, 1.54) is 4.57 Å². The van der Waals surface area contributed by atoms with Gasteiger partial charge >= 0.3 is 11.1 Å². The van der Waals surface area contributed by atoms with Crippen LogP contribution < -0.4 is 11.1 Å². The van der Waals surface area contributed by atoms with Gasteiger partial charge in [0, 0.05) is 24.7 Å². The Morgan fingerprint density at radius 2 is 2.21 bits per heavy atom.